The molecule has 2 N–H and O–H groups in total. The van der Waals surface area contributed by atoms with Gasteiger partial charge in [0.25, 0.3) is 0 Å². The van der Waals surface area contributed by atoms with Crippen molar-refractivity contribution in [2.24, 2.45) is 0 Å². The molecule has 3 heterocycles. The summed E-state index contributed by atoms with van der Waals surface area (Å²) in [5.41, 5.74) is 0.982. The number of urea groups is 1. The van der Waals surface area contributed by atoms with Gasteiger partial charge in [0.15, 0.2) is 17.3 Å². The Labute approximate surface area is 145 Å². The number of carbonyl (C=O) groups is 1. The Morgan fingerprint density at radius 2 is 2.28 bits per heavy atom. The topological polar surface area (TPSA) is 92.4 Å². The van der Waals surface area contributed by atoms with E-state index in [1.807, 2.05) is 30.0 Å². The number of amides is 2. The molecular weight excluding hydrogens is 322 g/mol. The second-order valence-corrected chi connectivity index (χ2v) is 6.41. The Bertz CT molecular complexity index is 775. The molecule has 1 aromatic heterocycles. The van der Waals surface area contributed by atoms with E-state index in [9.17, 15) is 4.79 Å². The number of fused-ring (bicyclic) bond motifs is 1. The number of likely N-dealkylation sites (tertiary alicyclic amines) is 1. The number of benzene rings is 1. The van der Waals surface area contributed by atoms with Gasteiger partial charge in [-0.25, -0.2) is 9.78 Å². The van der Waals surface area contributed by atoms with Crippen LogP contribution in [-0.2, 0) is 6.54 Å². The summed E-state index contributed by atoms with van der Waals surface area (Å²) < 4.78 is 10.7. The first-order valence-corrected chi connectivity index (χ1v) is 8.49. The Balaban J connectivity index is 1.34. The van der Waals surface area contributed by atoms with Crippen LogP contribution in [0.1, 0.15) is 36.0 Å². The maximum atomic E-state index is 12.5. The molecule has 1 saturated heterocycles. The van der Waals surface area contributed by atoms with Crippen molar-refractivity contribution in [3.05, 3.63) is 35.4 Å². The lowest BCUT2D eigenvalue weighted by Gasteiger charge is -2.31. The zero-order valence-corrected chi connectivity index (χ0v) is 14.1. The van der Waals surface area contributed by atoms with E-state index in [-0.39, 0.29) is 18.7 Å². The van der Waals surface area contributed by atoms with Crippen LogP contribution in [0.4, 0.5) is 4.79 Å². The number of aromatic amines is 1. The average molecular weight is 343 g/mol. The third kappa shape index (κ3) is 3.38. The van der Waals surface area contributed by atoms with Gasteiger partial charge >= 0.3 is 6.03 Å². The standard InChI is InChI=1S/C17H21N5O3/c1-11-19-16(21-20-11)13-3-2-6-22(9-13)17(23)18-8-12-4-5-14-15(7-12)25-10-24-14/h4-5,7,13H,2-3,6,8-10H2,1H3,(H,18,23)(H,19,20,21)/t13-/m0/s1. The van der Waals surface area contributed by atoms with Gasteiger partial charge in [0.05, 0.1) is 0 Å². The molecule has 0 bridgehead atoms. The van der Waals surface area contributed by atoms with Crippen molar-refractivity contribution < 1.29 is 14.3 Å². The van der Waals surface area contributed by atoms with Crippen molar-refractivity contribution in [1.82, 2.24) is 25.4 Å². The highest BCUT2D eigenvalue weighted by molar-refractivity contribution is 5.74. The van der Waals surface area contributed by atoms with Gasteiger partial charge in [0.1, 0.15) is 5.82 Å². The molecule has 2 aromatic rings. The quantitative estimate of drug-likeness (QED) is 0.888. The van der Waals surface area contributed by atoms with Gasteiger partial charge in [-0.2, -0.15) is 5.10 Å². The monoisotopic (exact) mass is 343 g/mol. The summed E-state index contributed by atoms with van der Waals surface area (Å²) in [4.78, 5) is 18.7. The largest absolute Gasteiger partial charge is 0.454 e. The molecule has 0 spiro atoms. The lowest BCUT2D eigenvalue weighted by atomic mass is 9.98. The van der Waals surface area contributed by atoms with Crippen LogP contribution in [0.25, 0.3) is 0 Å². The SMILES string of the molecule is Cc1nc([C@H]2CCCN(C(=O)NCc3ccc4c(c3)OCO4)C2)n[nH]1. The fourth-order valence-corrected chi connectivity index (χ4v) is 3.26. The summed E-state index contributed by atoms with van der Waals surface area (Å²) in [6.45, 7) is 3.99. The van der Waals surface area contributed by atoms with Gasteiger partial charge in [0.2, 0.25) is 6.79 Å². The fraction of sp³-hybridized carbons (Fsp3) is 0.471. The number of hydrogen-bond acceptors (Lipinski definition) is 5. The summed E-state index contributed by atoms with van der Waals surface area (Å²) in [6.07, 6.45) is 1.96. The molecule has 2 aliphatic rings. The van der Waals surface area contributed by atoms with E-state index in [0.717, 1.165) is 48.1 Å². The minimum Gasteiger partial charge on any atom is -0.454 e. The highest BCUT2D eigenvalue weighted by atomic mass is 16.7. The van der Waals surface area contributed by atoms with Crippen LogP contribution >= 0.6 is 0 Å². The number of rotatable bonds is 3. The molecule has 0 radical (unpaired) electrons. The second-order valence-electron chi connectivity index (χ2n) is 6.41. The number of nitrogens with zero attached hydrogens (tertiary/aromatic N) is 3. The number of H-pyrrole nitrogens is 1. The summed E-state index contributed by atoms with van der Waals surface area (Å²) >= 11 is 0. The van der Waals surface area contributed by atoms with Crippen LogP contribution in [0.2, 0.25) is 0 Å². The zero-order valence-electron chi connectivity index (χ0n) is 14.1. The molecule has 0 unspecified atom stereocenters. The Morgan fingerprint density at radius 1 is 1.40 bits per heavy atom. The first-order chi connectivity index (χ1) is 12.2. The van der Waals surface area contributed by atoms with E-state index in [1.54, 1.807) is 0 Å². The van der Waals surface area contributed by atoms with Gasteiger partial charge in [-0.3, -0.25) is 5.10 Å². The lowest BCUT2D eigenvalue weighted by molar-refractivity contribution is 0.173. The zero-order chi connectivity index (χ0) is 17.2. The summed E-state index contributed by atoms with van der Waals surface area (Å²) in [6, 6.07) is 5.64. The van der Waals surface area contributed by atoms with Crippen LogP contribution < -0.4 is 14.8 Å². The van der Waals surface area contributed by atoms with Gasteiger partial charge in [-0.1, -0.05) is 6.07 Å². The minimum absolute atomic E-state index is 0.0605. The number of hydrogen-bond donors (Lipinski definition) is 2. The predicted octanol–water partition coefficient (Wildman–Crippen LogP) is 1.93. The molecule has 4 rings (SSSR count). The van der Waals surface area contributed by atoms with E-state index >= 15 is 0 Å². The molecule has 2 aliphatic heterocycles. The highest BCUT2D eigenvalue weighted by Gasteiger charge is 2.27. The first-order valence-electron chi connectivity index (χ1n) is 8.49. The molecule has 2 amide bonds. The van der Waals surface area contributed by atoms with Crippen LogP contribution in [-0.4, -0.2) is 46.0 Å². The van der Waals surface area contributed by atoms with Gasteiger partial charge in [-0.05, 0) is 37.5 Å². The van der Waals surface area contributed by atoms with Gasteiger partial charge in [-0.15, -0.1) is 0 Å². The van der Waals surface area contributed by atoms with Crippen LogP contribution in [0.15, 0.2) is 18.2 Å². The van der Waals surface area contributed by atoms with Crippen molar-refractivity contribution >= 4 is 6.03 Å². The minimum atomic E-state index is -0.0605. The Morgan fingerprint density at radius 3 is 3.12 bits per heavy atom. The maximum absolute atomic E-state index is 12.5. The second kappa shape index (κ2) is 6.62. The lowest BCUT2D eigenvalue weighted by Crippen LogP contribution is -2.44. The number of piperidine rings is 1. The van der Waals surface area contributed by atoms with E-state index in [2.05, 4.69) is 20.5 Å². The van der Waals surface area contributed by atoms with Crippen molar-refractivity contribution in [2.75, 3.05) is 19.9 Å². The number of carbonyl (C=O) groups excluding carboxylic acids is 1. The molecule has 132 valence electrons. The summed E-state index contributed by atoms with van der Waals surface area (Å²) in [7, 11) is 0. The molecule has 25 heavy (non-hydrogen) atoms. The average Bonchev–Trinajstić information content (AvgIpc) is 3.28. The fourth-order valence-electron chi connectivity index (χ4n) is 3.26. The van der Waals surface area contributed by atoms with E-state index in [4.69, 9.17) is 9.47 Å². The molecule has 1 atom stereocenters. The molecule has 0 saturated carbocycles. The molecule has 1 fully saturated rings. The molecule has 0 aliphatic carbocycles. The van der Waals surface area contributed by atoms with Crippen molar-refractivity contribution in [3.63, 3.8) is 0 Å². The Kier molecular flexibility index (Phi) is 4.17. The maximum Gasteiger partial charge on any atom is 0.317 e. The number of aromatic nitrogens is 3. The van der Waals surface area contributed by atoms with Crippen LogP contribution in [0, 0.1) is 6.92 Å². The molecule has 8 nitrogen and oxygen atoms in total. The Hall–Kier alpha value is -2.77. The highest BCUT2D eigenvalue weighted by Crippen LogP contribution is 2.32. The summed E-state index contributed by atoms with van der Waals surface area (Å²) in [5, 5.41) is 10.1. The van der Waals surface area contributed by atoms with Crippen molar-refractivity contribution in [3.8, 4) is 11.5 Å². The van der Waals surface area contributed by atoms with Crippen molar-refractivity contribution in [1.29, 1.82) is 0 Å². The third-order valence-electron chi connectivity index (χ3n) is 4.57. The third-order valence-corrected chi connectivity index (χ3v) is 4.57. The number of ether oxygens (including phenoxy) is 2. The molecular formula is C17H21N5O3. The predicted molar refractivity (Wildman–Crippen MR) is 89.5 cm³/mol. The normalized spacial score (nSPS) is 19.1. The molecule has 1 aromatic carbocycles. The first kappa shape index (κ1) is 15.7. The number of nitrogens with one attached hydrogen (secondary N) is 2. The van der Waals surface area contributed by atoms with Crippen molar-refractivity contribution in [2.45, 2.75) is 32.2 Å². The van der Waals surface area contributed by atoms with E-state index in [1.165, 1.54) is 0 Å². The van der Waals surface area contributed by atoms with E-state index < -0.39 is 0 Å². The smallest absolute Gasteiger partial charge is 0.317 e. The van der Waals surface area contributed by atoms with Crippen LogP contribution in [0.3, 0.4) is 0 Å². The summed E-state index contributed by atoms with van der Waals surface area (Å²) in [5.74, 6) is 3.26. The van der Waals surface area contributed by atoms with Gasteiger partial charge < -0.3 is 19.7 Å². The van der Waals surface area contributed by atoms with E-state index in [0.29, 0.717) is 13.1 Å². The van der Waals surface area contributed by atoms with Crippen LogP contribution in [0.5, 0.6) is 11.5 Å². The molecule has 8 heteroatoms. The number of aryl methyl sites for hydroxylation is 1. The van der Waals surface area contributed by atoms with Gasteiger partial charge in [0, 0.05) is 25.6 Å².